The number of methoxy groups -OCH3 is 1. The predicted octanol–water partition coefficient (Wildman–Crippen LogP) is 2.79. The number of likely N-dealkylation sites (tertiary alicyclic amines) is 1. The van der Waals surface area contributed by atoms with Gasteiger partial charge in [0.25, 0.3) is 0 Å². The summed E-state index contributed by atoms with van der Waals surface area (Å²) in [6.45, 7) is 3.84. The Labute approximate surface area is 186 Å². The van der Waals surface area contributed by atoms with Gasteiger partial charge < -0.3 is 9.64 Å². The first kappa shape index (κ1) is 20.8. The fourth-order valence-corrected chi connectivity index (χ4v) is 4.63. The quantitative estimate of drug-likeness (QED) is 0.693. The minimum atomic E-state index is -0.468. The van der Waals surface area contributed by atoms with Gasteiger partial charge in [-0.05, 0) is 49.8 Å². The monoisotopic (exact) mass is 438 g/mol. The summed E-state index contributed by atoms with van der Waals surface area (Å²) in [6, 6.07) is 4.61. The van der Waals surface area contributed by atoms with Gasteiger partial charge in [0.15, 0.2) is 11.6 Å². The fraction of sp³-hybridized carbons (Fsp3) is 0.500. The van der Waals surface area contributed by atoms with E-state index in [4.69, 9.17) is 14.7 Å². The van der Waals surface area contributed by atoms with E-state index in [2.05, 4.69) is 0 Å². The van der Waals surface area contributed by atoms with Gasteiger partial charge in [-0.25, -0.2) is 14.4 Å². The maximum absolute atomic E-state index is 14.0. The van der Waals surface area contributed by atoms with Crippen LogP contribution in [0.3, 0.4) is 0 Å². The number of hydrogen-bond donors (Lipinski definition) is 0. The van der Waals surface area contributed by atoms with E-state index in [0.717, 1.165) is 30.0 Å². The number of amides is 2. The van der Waals surface area contributed by atoms with Crippen LogP contribution in [-0.4, -0.2) is 53.4 Å². The summed E-state index contributed by atoms with van der Waals surface area (Å²) < 4.78 is 18.9. The van der Waals surface area contributed by atoms with E-state index < -0.39 is 5.82 Å². The van der Waals surface area contributed by atoms with E-state index in [9.17, 15) is 14.0 Å². The lowest BCUT2D eigenvalue weighted by atomic mass is 10.1. The lowest BCUT2D eigenvalue weighted by Gasteiger charge is -2.19. The van der Waals surface area contributed by atoms with Crippen LogP contribution in [0.1, 0.15) is 47.8 Å². The number of hydrogen-bond acceptors (Lipinski definition) is 5. The largest absolute Gasteiger partial charge is 0.494 e. The highest BCUT2D eigenvalue weighted by Crippen LogP contribution is 2.37. The van der Waals surface area contributed by atoms with E-state index in [1.54, 1.807) is 17.0 Å². The normalized spacial score (nSPS) is 20.1. The van der Waals surface area contributed by atoms with Gasteiger partial charge in [0.1, 0.15) is 11.6 Å². The number of ether oxygens (including phenoxy) is 1. The Balaban J connectivity index is 1.29. The molecule has 2 amide bonds. The van der Waals surface area contributed by atoms with Gasteiger partial charge in [-0.3, -0.25) is 14.5 Å². The second-order valence-corrected chi connectivity index (χ2v) is 9.06. The summed E-state index contributed by atoms with van der Waals surface area (Å²) in [4.78, 5) is 38.5. The maximum Gasteiger partial charge on any atom is 0.232 e. The summed E-state index contributed by atoms with van der Waals surface area (Å²) in [5.74, 6) is 1.87. The van der Waals surface area contributed by atoms with Gasteiger partial charge in [-0.1, -0.05) is 6.07 Å². The molecule has 0 bridgehead atoms. The first-order valence-electron chi connectivity index (χ1n) is 11.2. The molecule has 0 N–H and O–H groups in total. The molecule has 8 heteroatoms. The summed E-state index contributed by atoms with van der Waals surface area (Å²) >= 11 is 0. The molecule has 2 aromatic rings. The number of anilines is 1. The molecule has 168 valence electrons. The highest BCUT2D eigenvalue weighted by molar-refractivity contribution is 6.00. The van der Waals surface area contributed by atoms with Crippen molar-refractivity contribution in [2.24, 2.45) is 5.92 Å². The molecule has 1 unspecified atom stereocenters. The Hall–Kier alpha value is -3.03. The number of carbonyl (C=O) groups is 2. The number of fused-ring (bicyclic) bond motifs is 1. The van der Waals surface area contributed by atoms with Crippen LogP contribution in [0.5, 0.6) is 5.75 Å². The lowest BCUT2D eigenvalue weighted by molar-refractivity contribution is -0.129. The molecular formula is C24H27FN4O3. The molecule has 2 fully saturated rings. The molecule has 3 heterocycles. The lowest BCUT2D eigenvalue weighted by Crippen LogP contribution is -2.30. The van der Waals surface area contributed by atoms with Crippen molar-refractivity contribution in [3.05, 3.63) is 46.7 Å². The predicted molar refractivity (Wildman–Crippen MR) is 116 cm³/mol. The summed E-state index contributed by atoms with van der Waals surface area (Å²) in [5.41, 5.74) is 2.41. The van der Waals surface area contributed by atoms with Crippen LogP contribution in [0, 0.1) is 18.7 Å². The molecule has 2 aliphatic heterocycles. The first-order chi connectivity index (χ1) is 15.4. The van der Waals surface area contributed by atoms with Crippen molar-refractivity contribution in [1.29, 1.82) is 0 Å². The average Bonchev–Trinajstić information content (AvgIpc) is 3.34. The Morgan fingerprint density at radius 2 is 2.06 bits per heavy atom. The van der Waals surface area contributed by atoms with E-state index in [1.165, 1.54) is 26.0 Å². The average molecular weight is 439 g/mol. The Morgan fingerprint density at radius 3 is 2.78 bits per heavy atom. The second kappa shape index (κ2) is 8.15. The van der Waals surface area contributed by atoms with Crippen molar-refractivity contribution >= 4 is 17.6 Å². The summed E-state index contributed by atoms with van der Waals surface area (Å²) in [7, 11) is 1.41. The molecule has 1 aliphatic carbocycles. The molecule has 32 heavy (non-hydrogen) atoms. The molecule has 3 aliphatic rings. The number of benzene rings is 1. The molecule has 0 radical (unpaired) electrons. The van der Waals surface area contributed by atoms with E-state index in [1.807, 2.05) is 11.8 Å². The second-order valence-electron chi connectivity index (χ2n) is 9.06. The van der Waals surface area contributed by atoms with Crippen molar-refractivity contribution < 1.29 is 18.7 Å². The number of nitrogens with zero attached hydrogens (tertiary/aromatic N) is 4. The first-order valence-corrected chi connectivity index (χ1v) is 11.2. The number of aromatic nitrogens is 2. The van der Waals surface area contributed by atoms with Gasteiger partial charge in [0.05, 0.1) is 20.0 Å². The Bertz CT molecular complexity index is 1090. The molecule has 1 atom stereocenters. The van der Waals surface area contributed by atoms with Crippen molar-refractivity contribution in [1.82, 2.24) is 14.9 Å². The van der Waals surface area contributed by atoms with Crippen LogP contribution in [-0.2, 0) is 22.4 Å². The van der Waals surface area contributed by atoms with Gasteiger partial charge in [-0.15, -0.1) is 0 Å². The highest BCUT2D eigenvalue weighted by atomic mass is 19.1. The van der Waals surface area contributed by atoms with E-state index in [-0.39, 0.29) is 29.9 Å². The van der Waals surface area contributed by atoms with Crippen LogP contribution >= 0.6 is 0 Å². The number of carbonyl (C=O) groups excluding carboxylic acids is 2. The molecule has 0 spiro atoms. The standard InChI is InChI=1S/C24H27FN4O3/c1-14-18-11-22(31)29(12-15-3-4-15)24(18)27-23(26-14)17-7-8-28(13-17)21(30)10-16-5-6-20(32-2)19(25)9-16/h5-6,9,15,17H,3-4,7-8,10-13H2,1-2H3. The van der Waals surface area contributed by atoms with E-state index in [0.29, 0.717) is 36.8 Å². The third-order valence-corrected chi connectivity index (χ3v) is 6.71. The van der Waals surface area contributed by atoms with Crippen molar-refractivity contribution in [3.63, 3.8) is 0 Å². The van der Waals surface area contributed by atoms with Crippen LogP contribution in [0.4, 0.5) is 10.2 Å². The van der Waals surface area contributed by atoms with Crippen LogP contribution in [0.25, 0.3) is 0 Å². The number of aryl methyl sites for hydroxylation is 1. The molecule has 7 nitrogen and oxygen atoms in total. The summed E-state index contributed by atoms with van der Waals surface area (Å²) in [6.07, 6.45) is 3.64. The third kappa shape index (κ3) is 3.94. The van der Waals surface area contributed by atoms with Crippen molar-refractivity contribution in [3.8, 4) is 5.75 Å². The molecule has 1 aromatic carbocycles. The SMILES string of the molecule is COc1ccc(CC(=O)N2CCC(c3nc(C)c4c(n3)N(CC3CC3)C(=O)C4)C2)cc1F. The minimum Gasteiger partial charge on any atom is -0.494 e. The fourth-order valence-electron chi connectivity index (χ4n) is 4.63. The van der Waals surface area contributed by atoms with Gasteiger partial charge in [0, 0.05) is 36.8 Å². The molecule has 5 rings (SSSR count). The topological polar surface area (TPSA) is 75.6 Å². The zero-order chi connectivity index (χ0) is 22.4. The zero-order valence-corrected chi connectivity index (χ0v) is 18.4. The molecule has 1 saturated carbocycles. The maximum atomic E-state index is 14.0. The highest BCUT2D eigenvalue weighted by Gasteiger charge is 2.37. The van der Waals surface area contributed by atoms with Crippen LogP contribution < -0.4 is 9.64 Å². The van der Waals surface area contributed by atoms with Gasteiger partial charge in [-0.2, -0.15) is 0 Å². The van der Waals surface area contributed by atoms with Crippen molar-refractivity contribution in [2.75, 3.05) is 31.6 Å². The van der Waals surface area contributed by atoms with Gasteiger partial charge in [0.2, 0.25) is 11.8 Å². The zero-order valence-electron chi connectivity index (χ0n) is 18.4. The van der Waals surface area contributed by atoms with Crippen LogP contribution in [0.15, 0.2) is 18.2 Å². The Kier molecular flexibility index (Phi) is 5.31. The van der Waals surface area contributed by atoms with Crippen LogP contribution in [0.2, 0.25) is 0 Å². The van der Waals surface area contributed by atoms with Gasteiger partial charge >= 0.3 is 0 Å². The minimum absolute atomic E-state index is 0.0361. The van der Waals surface area contributed by atoms with E-state index >= 15 is 0 Å². The summed E-state index contributed by atoms with van der Waals surface area (Å²) in [5, 5.41) is 0. The molecular weight excluding hydrogens is 411 g/mol. The molecule has 1 saturated heterocycles. The Morgan fingerprint density at radius 1 is 1.25 bits per heavy atom. The van der Waals surface area contributed by atoms with Crippen molar-refractivity contribution in [2.45, 2.75) is 44.9 Å². The number of halogens is 1. The third-order valence-electron chi connectivity index (χ3n) is 6.71. The number of rotatable bonds is 6. The smallest absolute Gasteiger partial charge is 0.232 e. The molecule has 1 aromatic heterocycles.